The molecule has 0 unspecified atom stereocenters. The van der Waals surface area contributed by atoms with Crippen LogP contribution in [0.4, 0.5) is 5.69 Å². The first-order chi connectivity index (χ1) is 10.4. The Kier molecular flexibility index (Phi) is 4.97. The lowest BCUT2D eigenvalue weighted by atomic mass is 10.2. The van der Waals surface area contributed by atoms with Crippen LogP contribution in [-0.4, -0.2) is 14.3 Å². The maximum absolute atomic E-state index is 11.8. The molecule has 2 aromatic rings. The number of hydrogen-bond donors (Lipinski definition) is 2. The number of nitrogens with one attached hydrogen (secondary N) is 1. The molecule has 0 atom stereocenters. The number of hydrogen-bond acceptors (Lipinski definition) is 3. The van der Waals surface area contributed by atoms with Crippen molar-refractivity contribution in [3.8, 4) is 0 Å². The van der Waals surface area contributed by atoms with Crippen LogP contribution >= 0.6 is 11.6 Å². The number of nitrogens with two attached hydrogens (primary N) is 1. The van der Waals surface area contributed by atoms with Gasteiger partial charge in [0.25, 0.3) is 0 Å². The number of benzene rings is 2. The first-order valence-corrected chi connectivity index (χ1v) is 8.15. The Morgan fingerprint density at radius 1 is 1.14 bits per heavy atom. The highest BCUT2D eigenvalue weighted by molar-refractivity contribution is 7.89. The molecule has 0 spiro atoms. The second-order valence-corrected chi connectivity index (χ2v) is 6.39. The fraction of sp³-hybridized carbons (Fsp3) is 0. The third-order valence-corrected chi connectivity index (χ3v) is 4.00. The lowest BCUT2D eigenvalue weighted by Crippen LogP contribution is -2.13. The molecule has 114 valence electrons. The summed E-state index contributed by atoms with van der Waals surface area (Å²) in [5.41, 5.74) is 1.04. The summed E-state index contributed by atoms with van der Waals surface area (Å²) in [4.78, 5) is 11.8. The Morgan fingerprint density at radius 2 is 1.86 bits per heavy atom. The minimum atomic E-state index is -3.81. The van der Waals surface area contributed by atoms with E-state index >= 15 is 0 Å². The maximum atomic E-state index is 11.8. The molecule has 0 aliphatic rings. The van der Waals surface area contributed by atoms with Crippen LogP contribution in [0.2, 0.25) is 5.02 Å². The predicted molar refractivity (Wildman–Crippen MR) is 86.9 cm³/mol. The van der Waals surface area contributed by atoms with Gasteiger partial charge in [-0.3, -0.25) is 4.79 Å². The summed E-state index contributed by atoms with van der Waals surface area (Å²) >= 11 is 5.98. The van der Waals surface area contributed by atoms with Gasteiger partial charge in [-0.15, -0.1) is 0 Å². The lowest BCUT2D eigenvalue weighted by Gasteiger charge is -2.04. The van der Waals surface area contributed by atoms with E-state index in [0.717, 1.165) is 0 Å². The molecule has 0 bridgehead atoms. The predicted octanol–water partition coefficient (Wildman–Crippen LogP) is 2.64. The van der Waals surface area contributed by atoms with Crippen molar-refractivity contribution in [1.82, 2.24) is 0 Å². The van der Waals surface area contributed by atoms with Crippen LogP contribution in [0.1, 0.15) is 5.56 Å². The van der Waals surface area contributed by atoms with Crippen molar-refractivity contribution in [2.45, 2.75) is 4.90 Å². The molecule has 7 heteroatoms. The van der Waals surface area contributed by atoms with Gasteiger partial charge < -0.3 is 5.32 Å². The van der Waals surface area contributed by atoms with Crippen molar-refractivity contribution in [3.63, 3.8) is 0 Å². The molecule has 0 saturated carbocycles. The zero-order valence-corrected chi connectivity index (χ0v) is 12.9. The zero-order valence-electron chi connectivity index (χ0n) is 11.4. The van der Waals surface area contributed by atoms with Crippen LogP contribution in [0.3, 0.4) is 0 Å². The summed E-state index contributed by atoms with van der Waals surface area (Å²) in [5, 5.41) is 8.12. The molecule has 1 amide bonds. The van der Waals surface area contributed by atoms with Crippen LogP contribution < -0.4 is 10.5 Å². The molecule has 0 heterocycles. The van der Waals surface area contributed by atoms with E-state index < -0.39 is 15.9 Å². The van der Waals surface area contributed by atoms with Crippen molar-refractivity contribution in [1.29, 1.82) is 0 Å². The van der Waals surface area contributed by atoms with E-state index in [1.807, 2.05) is 0 Å². The van der Waals surface area contributed by atoms with Gasteiger partial charge in [0.1, 0.15) is 0 Å². The number of rotatable bonds is 4. The lowest BCUT2D eigenvalue weighted by molar-refractivity contribution is -0.111. The smallest absolute Gasteiger partial charge is 0.248 e. The molecule has 3 N–H and O–H groups in total. The number of amides is 1. The molecule has 0 aliphatic carbocycles. The highest BCUT2D eigenvalue weighted by Crippen LogP contribution is 2.17. The minimum absolute atomic E-state index is 0.0691. The molecule has 5 nitrogen and oxygen atoms in total. The largest absolute Gasteiger partial charge is 0.322 e. The molecule has 0 radical (unpaired) electrons. The number of primary sulfonamides is 1. The number of carbonyl (C=O) groups excluding carboxylic acids is 1. The van der Waals surface area contributed by atoms with E-state index in [0.29, 0.717) is 16.3 Å². The van der Waals surface area contributed by atoms with Crippen molar-refractivity contribution in [3.05, 3.63) is 65.2 Å². The Morgan fingerprint density at radius 3 is 2.55 bits per heavy atom. The number of anilines is 1. The van der Waals surface area contributed by atoms with E-state index in [-0.39, 0.29) is 4.90 Å². The normalized spacial score (nSPS) is 11.5. The van der Waals surface area contributed by atoms with Gasteiger partial charge in [-0.2, -0.15) is 0 Å². The molecular formula is C15H13ClN2O3S. The number of carbonyl (C=O) groups is 1. The second kappa shape index (κ2) is 6.74. The first-order valence-electron chi connectivity index (χ1n) is 6.23. The van der Waals surface area contributed by atoms with E-state index in [1.165, 1.54) is 24.3 Å². The summed E-state index contributed by atoms with van der Waals surface area (Å²) < 4.78 is 22.5. The van der Waals surface area contributed by atoms with E-state index in [4.69, 9.17) is 16.7 Å². The monoisotopic (exact) mass is 336 g/mol. The van der Waals surface area contributed by atoms with Crippen LogP contribution in [0.25, 0.3) is 6.08 Å². The quantitative estimate of drug-likeness (QED) is 0.841. The zero-order chi connectivity index (χ0) is 16.2. The highest BCUT2D eigenvalue weighted by Gasteiger charge is 2.08. The maximum Gasteiger partial charge on any atom is 0.248 e. The highest BCUT2D eigenvalue weighted by atomic mass is 35.5. The summed E-state index contributed by atoms with van der Waals surface area (Å²) in [6.07, 6.45) is 2.88. The van der Waals surface area contributed by atoms with Crippen molar-refractivity contribution in [2.75, 3.05) is 5.32 Å². The van der Waals surface area contributed by atoms with Gasteiger partial charge in [-0.1, -0.05) is 35.9 Å². The van der Waals surface area contributed by atoms with Gasteiger partial charge in [-0.25, -0.2) is 13.6 Å². The topological polar surface area (TPSA) is 89.3 Å². The van der Waals surface area contributed by atoms with Crippen LogP contribution in [0, 0.1) is 0 Å². The average Bonchev–Trinajstić information content (AvgIpc) is 2.46. The van der Waals surface area contributed by atoms with Gasteiger partial charge in [-0.05, 0) is 35.9 Å². The van der Waals surface area contributed by atoms with E-state index in [2.05, 4.69) is 5.32 Å². The molecule has 22 heavy (non-hydrogen) atoms. The number of halogens is 1. The first kappa shape index (κ1) is 16.2. The molecule has 0 aromatic heterocycles. The molecule has 2 rings (SSSR count). The standard InChI is InChI=1S/C15H13ClN2O3S/c16-14-7-2-1-4-11(14)8-9-15(19)18-12-5-3-6-13(10-12)22(17,20)21/h1-10H,(H,18,19)(H2,17,20,21)/b9-8+. The summed E-state index contributed by atoms with van der Waals surface area (Å²) in [6.45, 7) is 0. The van der Waals surface area contributed by atoms with Gasteiger partial charge in [0.15, 0.2) is 0 Å². The Hall–Kier alpha value is -2.15. The van der Waals surface area contributed by atoms with Gasteiger partial charge in [0.2, 0.25) is 15.9 Å². The van der Waals surface area contributed by atoms with Crippen molar-refractivity contribution in [2.24, 2.45) is 5.14 Å². The Labute approximate surface area is 133 Å². The minimum Gasteiger partial charge on any atom is -0.322 e. The molecule has 2 aromatic carbocycles. The van der Waals surface area contributed by atoms with E-state index in [1.54, 1.807) is 36.4 Å². The van der Waals surface area contributed by atoms with Crippen molar-refractivity contribution < 1.29 is 13.2 Å². The van der Waals surface area contributed by atoms with Gasteiger partial charge >= 0.3 is 0 Å². The third-order valence-electron chi connectivity index (χ3n) is 2.75. The van der Waals surface area contributed by atoms with Crippen LogP contribution in [0.15, 0.2) is 59.5 Å². The molecule has 0 aliphatic heterocycles. The molecule has 0 saturated heterocycles. The van der Waals surface area contributed by atoms with Crippen LogP contribution in [0.5, 0.6) is 0 Å². The summed E-state index contributed by atoms with van der Waals surface area (Å²) in [6, 6.07) is 12.8. The van der Waals surface area contributed by atoms with Crippen LogP contribution in [-0.2, 0) is 14.8 Å². The van der Waals surface area contributed by atoms with E-state index in [9.17, 15) is 13.2 Å². The van der Waals surface area contributed by atoms with Gasteiger partial charge in [0, 0.05) is 16.8 Å². The van der Waals surface area contributed by atoms with Crippen molar-refractivity contribution >= 4 is 39.3 Å². The average molecular weight is 337 g/mol. The Bertz CT molecular complexity index is 832. The SMILES string of the molecule is NS(=O)(=O)c1cccc(NC(=O)/C=C/c2ccccc2Cl)c1. The fourth-order valence-electron chi connectivity index (χ4n) is 1.71. The van der Waals surface area contributed by atoms with Gasteiger partial charge in [0.05, 0.1) is 4.90 Å². The second-order valence-electron chi connectivity index (χ2n) is 4.42. The Balaban J connectivity index is 2.11. The summed E-state index contributed by atoms with van der Waals surface area (Å²) in [7, 11) is -3.81. The fourth-order valence-corrected chi connectivity index (χ4v) is 2.47. The third kappa shape index (κ3) is 4.42. The molecule has 0 fully saturated rings. The number of sulfonamides is 1. The molecular weight excluding hydrogens is 324 g/mol. The summed E-state index contributed by atoms with van der Waals surface area (Å²) in [5.74, 6) is -0.411.